The van der Waals surface area contributed by atoms with Crippen molar-refractivity contribution in [3.8, 4) is 5.69 Å². The molecular formula is C19H14N2O2. The van der Waals surface area contributed by atoms with E-state index in [-0.39, 0.29) is 0 Å². The van der Waals surface area contributed by atoms with Crippen molar-refractivity contribution in [2.75, 3.05) is 7.11 Å². The molecule has 0 amide bonds. The zero-order valence-corrected chi connectivity index (χ0v) is 12.6. The number of methoxy groups -OCH3 is 1. The molecule has 0 spiro atoms. The topological polar surface area (TPSA) is 44.1 Å². The van der Waals surface area contributed by atoms with Crippen LogP contribution < -0.4 is 0 Å². The van der Waals surface area contributed by atoms with Gasteiger partial charge in [-0.3, -0.25) is 4.98 Å². The Hall–Kier alpha value is -3.14. The van der Waals surface area contributed by atoms with Crippen LogP contribution in [0.1, 0.15) is 10.4 Å². The lowest BCUT2D eigenvalue weighted by molar-refractivity contribution is 0.0600. The molecule has 0 radical (unpaired) electrons. The van der Waals surface area contributed by atoms with E-state index in [1.54, 1.807) is 12.4 Å². The monoisotopic (exact) mass is 302 g/mol. The average Bonchev–Trinajstić information content (AvgIpc) is 2.95. The highest BCUT2D eigenvalue weighted by Crippen LogP contribution is 2.32. The predicted molar refractivity (Wildman–Crippen MR) is 89.9 cm³/mol. The molecule has 0 saturated carbocycles. The average molecular weight is 302 g/mol. The smallest absolute Gasteiger partial charge is 0.341 e. The molecule has 2 aromatic heterocycles. The van der Waals surface area contributed by atoms with Gasteiger partial charge in [-0.05, 0) is 18.2 Å². The van der Waals surface area contributed by atoms with Crippen LogP contribution in [0.25, 0.3) is 27.5 Å². The van der Waals surface area contributed by atoms with Crippen molar-refractivity contribution in [3.05, 3.63) is 72.6 Å². The van der Waals surface area contributed by atoms with E-state index in [0.717, 1.165) is 27.5 Å². The highest BCUT2D eigenvalue weighted by Gasteiger charge is 2.17. The maximum absolute atomic E-state index is 12.1. The van der Waals surface area contributed by atoms with Gasteiger partial charge in [-0.1, -0.05) is 36.4 Å². The molecule has 0 atom stereocenters. The van der Waals surface area contributed by atoms with E-state index < -0.39 is 5.97 Å². The zero-order valence-electron chi connectivity index (χ0n) is 12.6. The minimum absolute atomic E-state index is 0.394. The van der Waals surface area contributed by atoms with Crippen molar-refractivity contribution in [2.24, 2.45) is 0 Å². The molecule has 0 N–H and O–H groups in total. The van der Waals surface area contributed by atoms with Gasteiger partial charge in [0.1, 0.15) is 5.56 Å². The normalized spacial score (nSPS) is 11.0. The molecule has 0 saturated heterocycles. The Morgan fingerprint density at radius 1 is 0.957 bits per heavy atom. The van der Waals surface area contributed by atoms with Crippen molar-refractivity contribution in [3.63, 3.8) is 0 Å². The molecule has 0 unspecified atom stereocenters. The summed E-state index contributed by atoms with van der Waals surface area (Å²) in [5.41, 5.74) is 3.31. The van der Waals surface area contributed by atoms with Gasteiger partial charge in [0.25, 0.3) is 0 Å². The molecule has 112 valence electrons. The number of fused-ring (bicyclic) bond motifs is 3. The lowest BCUT2D eigenvalue weighted by Gasteiger charge is -2.11. The predicted octanol–water partition coefficient (Wildman–Crippen LogP) is 3.97. The number of aromatic nitrogens is 2. The van der Waals surface area contributed by atoms with Gasteiger partial charge in [0.15, 0.2) is 0 Å². The van der Waals surface area contributed by atoms with Crippen LogP contribution in [0.4, 0.5) is 0 Å². The summed E-state index contributed by atoms with van der Waals surface area (Å²) in [6.45, 7) is 0. The first-order valence-electron chi connectivity index (χ1n) is 7.32. The molecule has 0 fully saturated rings. The van der Waals surface area contributed by atoms with Crippen molar-refractivity contribution >= 4 is 27.8 Å². The molecule has 4 rings (SSSR count). The summed E-state index contributed by atoms with van der Waals surface area (Å²) in [5, 5.41) is 2.30. The fourth-order valence-electron chi connectivity index (χ4n) is 3.03. The molecule has 0 aliphatic heterocycles. The molecule has 0 bridgehead atoms. The summed E-state index contributed by atoms with van der Waals surface area (Å²) in [6, 6.07) is 18.2. The third-order valence-electron chi connectivity index (χ3n) is 4.02. The Morgan fingerprint density at radius 2 is 1.57 bits per heavy atom. The van der Waals surface area contributed by atoms with E-state index in [2.05, 4.69) is 33.8 Å². The Kier molecular flexibility index (Phi) is 3.08. The second kappa shape index (κ2) is 5.25. The highest BCUT2D eigenvalue weighted by molar-refractivity contribution is 6.10. The summed E-state index contributed by atoms with van der Waals surface area (Å²) in [5.74, 6) is -0.394. The number of carbonyl (C=O) groups excluding carboxylic acids is 1. The number of hydrogen-bond acceptors (Lipinski definition) is 3. The van der Waals surface area contributed by atoms with Crippen LogP contribution in [0.3, 0.4) is 0 Å². The first kappa shape index (κ1) is 13.5. The van der Waals surface area contributed by atoms with Gasteiger partial charge >= 0.3 is 5.97 Å². The van der Waals surface area contributed by atoms with E-state index >= 15 is 0 Å². The Balaban J connectivity index is 2.16. The lowest BCUT2D eigenvalue weighted by Crippen LogP contribution is -2.08. The summed E-state index contributed by atoms with van der Waals surface area (Å²) < 4.78 is 6.99. The van der Waals surface area contributed by atoms with Crippen LogP contribution in [0, 0.1) is 0 Å². The van der Waals surface area contributed by atoms with E-state index in [9.17, 15) is 4.79 Å². The third-order valence-corrected chi connectivity index (χ3v) is 4.02. The minimum Gasteiger partial charge on any atom is -0.465 e. The zero-order chi connectivity index (χ0) is 15.8. The molecule has 0 aliphatic rings. The third kappa shape index (κ3) is 1.99. The van der Waals surface area contributed by atoms with Gasteiger partial charge in [0.05, 0.1) is 23.8 Å². The molecule has 0 aliphatic carbocycles. The van der Waals surface area contributed by atoms with Crippen molar-refractivity contribution in [1.82, 2.24) is 9.55 Å². The fraction of sp³-hybridized carbons (Fsp3) is 0.0526. The number of pyridine rings is 1. The maximum atomic E-state index is 12.1. The van der Waals surface area contributed by atoms with E-state index in [4.69, 9.17) is 4.74 Å². The van der Waals surface area contributed by atoms with Gasteiger partial charge in [-0.15, -0.1) is 0 Å². The fourth-order valence-corrected chi connectivity index (χ4v) is 3.03. The van der Waals surface area contributed by atoms with E-state index in [1.807, 2.05) is 30.3 Å². The van der Waals surface area contributed by atoms with Gasteiger partial charge in [0.2, 0.25) is 0 Å². The Bertz CT molecular complexity index is 981. The van der Waals surface area contributed by atoms with Crippen molar-refractivity contribution < 1.29 is 9.53 Å². The highest BCUT2D eigenvalue weighted by atomic mass is 16.5. The van der Waals surface area contributed by atoms with Crippen molar-refractivity contribution in [1.29, 1.82) is 0 Å². The summed E-state index contributed by atoms with van der Waals surface area (Å²) in [6.07, 6.45) is 3.23. The molecular weight excluding hydrogens is 288 g/mol. The first-order valence-corrected chi connectivity index (χ1v) is 7.32. The quantitative estimate of drug-likeness (QED) is 0.526. The molecule has 2 heterocycles. The molecule has 23 heavy (non-hydrogen) atoms. The van der Waals surface area contributed by atoms with Gasteiger partial charge < -0.3 is 9.30 Å². The standard InChI is InChI=1S/C19H14N2O2/c1-23-19(22)15-12-20-11-10-18(15)21-16-8-4-2-6-13(16)14-7-3-5-9-17(14)21/h2-12H,1H3. The summed E-state index contributed by atoms with van der Waals surface area (Å²) in [7, 11) is 1.38. The summed E-state index contributed by atoms with van der Waals surface area (Å²) in [4.78, 5) is 16.2. The Morgan fingerprint density at radius 3 is 2.17 bits per heavy atom. The Labute approximate surface area is 132 Å². The number of benzene rings is 2. The number of rotatable bonds is 2. The van der Waals surface area contributed by atoms with Crippen LogP contribution in [0.2, 0.25) is 0 Å². The van der Waals surface area contributed by atoms with Crippen LogP contribution in [0.15, 0.2) is 67.0 Å². The molecule has 4 aromatic rings. The second-order valence-corrected chi connectivity index (χ2v) is 5.25. The SMILES string of the molecule is COC(=O)c1cnccc1-n1c2ccccc2c2ccccc21. The molecule has 4 heteroatoms. The van der Waals surface area contributed by atoms with Crippen molar-refractivity contribution in [2.45, 2.75) is 0 Å². The number of hydrogen-bond donors (Lipinski definition) is 0. The number of nitrogens with zero attached hydrogens (tertiary/aromatic N) is 2. The van der Waals surface area contributed by atoms with Crippen LogP contribution in [-0.2, 0) is 4.74 Å². The number of esters is 1. The molecule has 4 nitrogen and oxygen atoms in total. The van der Waals surface area contributed by atoms with Gasteiger partial charge in [0, 0.05) is 23.2 Å². The summed E-state index contributed by atoms with van der Waals surface area (Å²) >= 11 is 0. The first-order chi connectivity index (χ1) is 11.3. The molecule has 2 aromatic carbocycles. The minimum atomic E-state index is -0.394. The van der Waals surface area contributed by atoms with Crippen LogP contribution in [-0.4, -0.2) is 22.6 Å². The largest absolute Gasteiger partial charge is 0.465 e. The van der Waals surface area contributed by atoms with Crippen LogP contribution >= 0.6 is 0 Å². The van der Waals surface area contributed by atoms with Gasteiger partial charge in [-0.2, -0.15) is 0 Å². The maximum Gasteiger partial charge on any atom is 0.341 e. The van der Waals surface area contributed by atoms with E-state index in [0.29, 0.717) is 5.56 Å². The van der Waals surface area contributed by atoms with E-state index in [1.165, 1.54) is 7.11 Å². The number of ether oxygens (including phenoxy) is 1. The number of carbonyl (C=O) groups is 1. The van der Waals surface area contributed by atoms with Crippen LogP contribution in [0.5, 0.6) is 0 Å². The lowest BCUT2D eigenvalue weighted by atomic mass is 10.2. The number of para-hydroxylation sites is 2. The van der Waals surface area contributed by atoms with Gasteiger partial charge in [-0.25, -0.2) is 4.79 Å². The second-order valence-electron chi connectivity index (χ2n) is 5.25.